The predicted octanol–water partition coefficient (Wildman–Crippen LogP) is 1.45. The van der Waals surface area contributed by atoms with E-state index in [4.69, 9.17) is 0 Å². The Hall–Kier alpha value is -2.08. The average molecular weight is 276 g/mol. The molecule has 1 N–H and O–H groups in total. The van der Waals surface area contributed by atoms with Crippen molar-refractivity contribution in [3.63, 3.8) is 0 Å². The second kappa shape index (κ2) is 5.27. The van der Waals surface area contributed by atoms with E-state index in [9.17, 15) is 14.4 Å². The summed E-state index contributed by atoms with van der Waals surface area (Å²) in [7, 11) is 0. The summed E-state index contributed by atoms with van der Waals surface area (Å²) in [6, 6.07) is 7.02. The number of nitrogens with zero attached hydrogens (tertiary/aromatic N) is 1. The monoisotopic (exact) mass is 276 g/mol. The zero-order chi connectivity index (χ0) is 14.0. The Balaban J connectivity index is 2.74. The Morgan fingerprint density at radius 2 is 2.05 bits per heavy atom. The highest BCUT2D eigenvalue weighted by Crippen LogP contribution is 2.16. The molecule has 0 aliphatic carbocycles. The number of hydrogen-bond donors (Lipinski definition) is 1. The van der Waals surface area contributed by atoms with Gasteiger partial charge in [-0.25, -0.2) is 9.36 Å². The number of thioether (sulfide) groups is 1. The summed E-state index contributed by atoms with van der Waals surface area (Å²) < 4.78 is 0.969. The second-order valence-electron chi connectivity index (χ2n) is 3.91. The molecule has 5 nitrogen and oxygen atoms in total. The van der Waals surface area contributed by atoms with Gasteiger partial charge in [-0.2, -0.15) is 0 Å². The Morgan fingerprint density at radius 3 is 2.68 bits per heavy atom. The second-order valence-corrected chi connectivity index (χ2v) is 4.79. The van der Waals surface area contributed by atoms with Crippen LogP contribution in [0.5, 0.6) is 0 Å². The quantitative estimate of drug-likeness (QED) is 0.680. The molecule has 0 radical (unpaired) electrons. The van der Waals surface area contributed by atoms with Crippen LogP contribution in [0.2, 0.25) is 0 Å². The molecule has 1 aromatic heterocycles. The van der Waals surface area contributed by atoms with Crippen LogP contribution in [0.15, 0.2) is 44.9 Å². The molecule has 1 aromatic carbocycles. The summed E-state index contributed by atoms with van der Waals surface area (Å²) in [5, 5.41) is 0. The molecule has 0 saturated carbocycles. The van der Waals surface area contributed by atoms with E-state index in [0.717, 1.165) is 15.7 Å². The van der Waals surface area contributed by atoms with Crippen molar-refractivity contribution < 1.29 is 4.79 Å². The van der Waals surface area contributed by atoms with Crippen LogP contribution >= 0.6 is 11.8 Å². The molecule has 0 aliphatic heterocycles. The summed E-state index contributed by atoms with van der Waals surface area (Å²) in [5.41, 5.74) is -0.752. The Kier molecular flexibility index (Phi) is 3.71. The fourth-order valence-electron chi connectivity index (χ4n) is 1.71. The number of ketones is 1. The molecule has 2 aromatic rings. The van der Waals surface area contributed by atoms with Crippen molar-refractivity contribution in [1.82, 2.24) is 9.55 Å². The molecular formula is C13H12N2O3S. The molecule has 0 amide bonds. The smallest absolute Gasteiger partial charge is 0.313 e. The summed E-state index contributed by atoms with van der Waals surface area (Å²) in [6.45, 7) is 1.29. The molecule has 19 heavy (non-hydrogen) atoms. The highest BCUT2D eigenvalue weighted by atomic mass is 32.2. The number of aromatic nitrogens is 2. The first kappa shape index (κ1) is 13.4. The third kappa shape index (κ3) is 2.53. The van der Waals surface area contributed by atoms with Gasteiger partial charge in [-0.15, -0.1) is 11.8 Å². The van der Waals surface area contributed by atoms with Crippen molar-refractivity contribution in [2.75, 3.05) is 6.26 Å². The zero-order valence-electron chi connectivity index (χ0n) is 10.5. The van der Waals surface area contributed by atoms with Crippen LogP contribution in [0.25, 0.3) is 5.69 Å². The van der Waals surface area contributed by atoms with E-state index in [2.05, 4.69) is 4.98 Å². The number of carbonyl (C=O) groups is 1. The maximum atomic E-state index is 12.1. The predicted molar refractivity (Wildman–Crippen MR) is 74.4 cm³/mol. The summed E-state index contributed by atoms with van der Waals surface area (Å²) in [5.74, 6) is -0.379. The van der Waals surface area contributed by atoms with Crippen LogP contribution in [0.4, 0.5) is 0 Å². The lowest BCUT2D eigenvalue weighted by Crippen LogP contribution is -2.36. The Labute approximate surface area is 113 Å². The van der Waals surface area contributed by atoms with Crippen LogP contribution in [0.3, 0.4) is 0 Å². The lowest BCUT2D eigenvalue weighted by atomic mass is 10.2. The fourth-order valence-corrected chi connectivity index (χ4v) is 2.16. The number of benzene rings is 1. The summed E-state index contributed by atoms with van der Waals surface area (Å²) >= 11 is 1.51. The van der Waals surface area contributed by atoms with Gasteiger partial charge < -0.3 is 4.98 Å². The van der Waals surface area contributed by atoms with Gasteiger partial charge in [0, 0.05) is 11.1 Å². The van der Waals surface area contributed by atoms with E-state index in [1.54, 1.807) is 18.2 Å². The molecule has 0 bridgehead atoms. The highest BCUT2D eigenvalue weighted by molar-refractivity contribution is 7.98. The lowest BCUT2D eigenvalue weighted by Gasteiger charge is -2.06. The number of H-pyrrole nitrogens is 1. The number of rotatable bonds is 3. The largest absolute Gasteiger partial charge is 0.333 e. The molecule has 2 rings (SSSR count). The highest BCUT2D eigenvalue weighted by Gasteiger charge is 2.12. The van der Waals surface area contributed by atoms with E-state index >= 15 is 0 Å². The van der Waals surface area contributed by atoms with Gasteiger partial charge in [-0.3, -0.25) is 9.59 Å². The number of hydrogen-bond acceptors (Lipinski definition) is 4. The number of carbonyl (C=O) groups excluding carboxylic acids is 1. The molecule has 0 fully saturated rings. The normalized spacial score (nSPS) is 10.4. The standard InChI is InChI=1S/C13H12N2O3S/c1-8(16)11-7-14-13(18)15(12(11)17)9-4-3-5-10(6-9)19-2/h3-7H,1-2H3,(H,14,18). The lowest BCUT2D eigenvalue weighted by molar-refractivity contribution is 0.101. The summed E-state index contributed by atoms with van der Waals surface area (Å²) in [4.78, 5) is 38.6. The van der Waals surface area contributed by atoms with Crippen molar-refractivity contribution >= 4 is 17.5 Å². The maximum Gasteiger partial charge on any atom is 0.333 e. The molecule has 0 unspecified atom stereocenters. The van der Waals surface area contributed by atoms with Gasteiger partial charge in [0.25, 0.3) is 5.56 Å². The van der Waals surface area contributed by atoms with Crippen LogP contribution in [-0.4, -0.2) is 21.6 Å². The molecule has 1 heterocycles. The fraction of sp³-hybridized carbons (Fsp3) is 0.154. The average Bonchev–Trinajstić information content (AvgIpc) is 2.38. The SMILES string of the molecule is CSc1cccc(-n2c(=O)[nH]cc(C(C)=O)c2=O)c1. The molecular weight excluding hydrogens is 264 g/mol. The van der Waals surface area contributed by atoms with Gasteiger partial charge in [0.2, 0.25) is 0 Å². The molecule has 0 atom stereocenters. The Morgan fingerprint density at radius 1 is 1.32 bits per heavy atom. The van der Waals surface area contributed by atoms with E-state index in [1.807, 2.05) is 12.3 Å². The third-order valence-electron chi connectivity index (χ3n) is 2.67. The molecule has 6 heteroatoms. The first-order valence-electron chi connectivity index (χ1n) is 5.54. The minimum Gasteiger partial charge on any atom is -0.313 e. The summed E-state index contributed by atoms with van der Waals surface area (Å²) in [6.07, 6.45) is 3.06. The van der Waals surface area contributed by atoms with Crippen LogP contribution in [-0.2, 0) is 0 Å². The number of nitrogens with one attached hydrogen (secondary N) is 1. The number of aromatic amines is 1. The maximum absolute atomic E-state index is 12.1. The van der Waals surface area contributed by atoms with Crippen molar-refractivity contribution in [3.8, 4) is 5.69 Å². The van der Waals surface area contributed by atoms with Crippen molar-refractivity contribution in [2.45, 2.75) is 11.8 Å². The van der Waals surface area contributed by atoms with E-state index in [0.29, 0.717) is 5.69 Å². The van der Waals surface area contributed by atoms with Gasteiger partial charge >= 0.3 is 5.69 Å². The third-order valence-corrected chi connectivity index (χ3v) is 3.39. The van der Waals surface area contributed by atoms with Crippen molar-refractivity contribution in [1.29, 1.82) is 0 Å². The van der Waals surface area contributed by atoms with Crippen LogP contribution in [0, 0.1) is 0 Å². The van der Waals surface area contributed by atoms with Gasteiger partial charge in [0.05, 0.1) is 11.3 Å². The van der Waals surface area contributed by atoms with Gasteiger partial charge in [-0.1, -0.05) is 6.07 Å². The first-order valence-corrected chi connectivity index (χ1v) is 6.77. The van der Waals surface area contributed by atoms with Gasteiger partial charge in [-0.05, 0) is 31.4 Å². The minimum atomic E-state index is -0.602. The van der Waals surface area contributed by atoms with Gasteiger partial charge in [0.15, 0.2) is 5.78 Å². The van der Waals surface area contributed by atoms with Crippen molar-refractivity contribution in [2.24, 2.45) is 0 Å². The van der Waals surface area contributed by atoms with Gasteiger partial charge in [0.1, 0.15) is 0 Å². The van der Waals surface area contributed by atoms with Crippen LogP contribution < -0.4 is 11.2 Å². The minimum absolute atomic E-state index is 0.0332. The van der Waals surface area contributed by atoms with E-state index in [-0.39, 0.29) is 11.3 Å². The molecule has 0 spiro atoms. The molecule has 0 saturated heterocycles. The van der Waals surface area contributed by atoms with Crippen LogP contribution in [0.1, 0.15) is 17.3 Å². The first-order chi connectivity index (χ1) is 9.04. The van der Waals surface area contributed by atoms with E-state index < -0.39 is 11.2 Å². The van der Waals surface area contributed by atoms with E-state index in [1.165, 1.54) is 18.7 Å². The topological polar surface area (TPSA) is 71.9 Å². The van der Waals surface area contributed by atoms with Crippen molar-refractivity contribution in [3.05, 3.63) is 56.9 Å². The zero-order valence-corrected chi connectivity index (χ0v) is 11.3. The number of Topliss-reactive ketones (excluding diaryl/α,β-unsaturated/α-hetero) is 1. The molecule has 0 aliphatic rings. The Bertz CT molecular complexity index is 746. The molecule has 98 valence electrons.